The van der Waals surface area contributed by atoms with Gasteiger partial charge in [-0.25, -0.2) is 9.97 Å². The Bertz CT molecular complexity index is 584. The van der Waals surface area contributed by atoms with E-state index in [2.05, 4.69) is 16.0 Å². The second-order valence-corrected chi connectivity index (χ2v) is 3.63. The zero-order valence-corrected chi connectivity index (χ0v) is 9.51. The average molecular weight is 224 g/mol. The highest BCUT2D eigenvalue weighted by Crippen LogP contribution is 2.25. The first-order chi connectivity index (χ1) is 8.26. The fraction of sp³-hybridized carbons (Fsp3) is 0.154. The van der Waals surface area contributed by atoms with E-state index >= 15 is 0 Å². The lowest BCUT2D eigenvalue weighted by atomic mass is 10.0. The van der Waals surface area contributed by atoms with Gasteiger partial charge in [0.15, 0.2) is 0 Å². The molecule has 84 valence electrons. The summed E-state index contributed by atoms with van der Waals surface area (Å²) in [7, 11) is 0. The highest BCUT2D eigenvalue weighted by atomic mass is 14.9. The van der Waals surface area contributed by atoms with Crippen LogP contribution < -0.4 is 5.73 Å². The van der Waals surface area contributed by atoms with E-state index in [1.54, 1.807) is 12.1 Å². The summed E-state index contributed by atoms with van der Waals surface area (Å²) in [6.45, 7) is 2.01. The third kappa shape index (κ3) is 2.08. The molecule has 0 saturated carbocycles. The highest BCUT2D eigenvalue weighted by Gasteiger charge is 2.09. The first-order valence-corrected chi connectivity index (χ1v) is 5.36. The van der Waals surface area contributed by atoms with E-state index < -0.39 is 0 Å². The molecule has 0 aliphatic carbocycles. The number of hydrogen-bond donors (Lipinski definition) is 1. The summed E-state index contributed by atoms with van der Waals surface area (Å²) in [5.74, 6) is 0.500. The molecule has 0 bridgehead atoms. The third-order valence-corrected chi connectivity index (χ3v) is 2.60. The lowest BCUT2D eigenvalue weighted by molar-refractivity contribution is 1.06. The largest absolute Gasteiger partial charge is 0.383 e. The molecule has 2 N–H and O–H groups in total. The van der Waals surface area contributed by atoms with Gasteiger partial charge in [0.1, 0.15) is 12.1 Å². The number of nitriles is 1. The maximum Gasteiger partial charge on any atom is 0.130 e. The molecule has 2 aromatic rings. The minimum Gasteiger partial charge on any atom is -0.383 e. The summed E-state index contributed by atoms with van der Waals surface area (Å²) in [6, 6.07) is 9.44. The standard InChI is InChI=1S/C13H12N4/c1-2-11-12(16-8-17-13(11)15)10-5-3-4-9(6-10)7-14/h3-6,8H,2H2,1H3,(H2,15,16,17). The molecule has 4 heteroatoms. The molecule has 17 heavy (non-hydrogen) atoms. The van der Waals surface area contributed by atoms with Gasteiger partial charge in [-0.3, -0.25) is 0 Å². The molecule has 0 unspecified atom stereocenters. The monoisotopic (exact) mass is 224 g/mol. The van der Waals surface area contributed by atoms with Crippen LogP contribution in [0.15, 0.2) is 30.6 Å². The number of hydrogen-bond acceptors (Lipinski definition) is 4. The van der Waals surface area contributed by atoms with Crippen LogP contribution in [0.25, 0.3) is 11.3 Å². The molecule has 2 rings (SSSR count). The molecule has 0 saturated heterocycles. The van der Waals surface area contributed by atoms with Crippen molar-refractivity contribution in [2.75, 3.05) is 5.73 Å². The Morgan fingerprint density at radius 3 is 2.88 bits per heavy atom. The Hall–Kier alpha value is -2.41. The van der Waals surface area contributed by atoms with Crippen molar-refractivity contribution in [1.29, 1.82) is 5.26 Å². The quantitative estimate of drug-likeness (QED) is 0.848. The molecule has 0 amide bonds. The summed E-state index contributed by atoms with van der Waals surface area (Å²) < 4.78 is 0. The lowest BCUT2D eigenvalue weighted by Gasteiger charge is -2.08. The van der Waals surface area contributed by atoms with E-state index in [1.165, 1.54) is 6.33 Å². The Morgan fingerprint density at radius 2 is 2.18 bits per heavy atom. The van der Waals surface area contributed by atoms with Gasteiger partial charge in [-0.2, -0.15) is 5.26 Å². The second kappa shape index (κ2) is 4.62. The van der Waals surface area contributed by atoms with Crippen molar-refractivity contribution in [1.82, 2.24) is 9.97 Å². The summed E-state index contributed by atoms with van der Waals surface area (Å²) >= 11 is 0. The van der Waals surface area contributed by atoms with E-state index in [9.17, 15) is 0 Å². The summed E-state index contributed by atoms with van der Waals surface area (Å²) in [4.78, 5) is 8.24. The number of nitrogens with two attached hydrogens (primary N) is 1. The first kappa shape index (κ1) is 11.1. The number of benzene rings is 1. The fourth-order valence-electron chi connectivity index (χ4n) is 1.76. The highest BCUT2D eigenvalue weighted by molar-refractivity contribution is 5.68. The van der Waals surface area contributed by atoms with Crippen LogP contribution in [0.5, 0.6) is 0 Å². The Labute approximate surface area is 99.8 Å². The van der Waals surface area contributed by atoms with Gasteiger partial charge in [-0.15, -0.1) is 0 Å². The minimum absolute atomic E-state index is 0.500. The molecule has 0 atom stereocenters. The average Bonchev–Trinajstić information content (AvgIpc) is 2.38. The molecule has 0 fully saturated rings. The van der Waals surface area contributed by atoms with Gasteiger partial charge in [0.25, 0.3) is 0 Å². The molecule has 0 aliphatic heterocycles. The van der Waals surface area contributed by atoms with Gasteiger partial charge in [-0.1, -0.05) is 19.1 Å². The van der Waals surface area contributed by atoms with Gasteiger partial charge in [0, 0.05) is 11.1 Å². The SMILES string of the molecule is CCc1c(N)ncnc1-c1cccc(C#N)c1. The predicted octanol–water partition coefficient (Wildman–Crippen LogP) is 2.16. The molecule has 1 aromatic heterocycles. The van der Waals surface area contributed by atoms with Gasteiger partial charge >= 0.3 is 0 Å². The number of nitrogen functional groups attached to an aromatic ring is 1. The van der Waals surface area contributed by atoms with Gasteiger partial charge < -0.3 is 5.73 Å². The van der Waals surface area contributed by atoms with E-state index in [0.717, 1.165) is 23.2 Å². The van der Waals surface area contributed by atoms with Crippen LogP contribution in [-0.4, -0.2) is 9.97 Å². The molecule has 0 aliphatic rings. The first-order valence-electron chi connectivity index (χ1n) is 5.36. The molecule has 0 spiro atoms. The normalized spacial score (nSPS) is 9.88. The van der Waals surface area contributed by atoms with Crippen molar-refractivity contribution in [3.63, 3.8) is 0 Å². The molecule has 1 heterocycles. The minimum atomic E-state index is 0.500. The fourth-order valence-corrected chi connectivity index (χ4v) is 1.76. The van der Waals surface area contributed by atoms with Crippen molar-refractivity contribution >= 4 is 5.82 Å². The number of aromatic nitrogens is 2. The topological polar surface area (TPSA) is 75.6 Å². The molecule has 4 nitrogen and oxygen atoms in total. The Balaban J connectivity index is 2.60. The van der Waals surface area contributed by atoms with Crippen molar-refractivity contribution < 1.29 is 0 Å². The zero-order chi connectivity index (χ0) is 12.3. The maximum absolute atomic E-state index is 8.88. The van der Waals surface area contributed by atoms with Crippen molar-refractivity contribution in [2.24, 2.45) is 0 Å². The maximum atomic E-state index is 8.88. The summed E-state index contributed by atoms with van der Waals surface area (Å²) in [6.07, 6.45) is 2.21. The van der Waals surface area contributed by atoms with E-state index in [0.29, 0.717) is 11.4 Å². The Kier molecular flexibility index (Phi) is 3.01. The van der Waals surface area contributed by atoms with Crippen LogP contribution in [0.1, 0.15) is 18.1 Å². The third-order valence-electron chi connectivity index (χ3n) is 2.60. The molecule has 0 radical (unpaired) electrons. The van der Waals surface area contributed by atoms with Crippen LogP contribution >= 0.6 is 0 Å². The summed E-state index contributed by atoms with van der Waals surface area (Å²) in [5, 5.41) is 8.88. The van der Waals surface area contributed by atoms with Crippen LogP contribution in [-0.2, 0) is 6.42 Å². The molecule has 1 aromatic carbocycles. The van der Waals surface area contributed by atoms with E-state index in [1.807, 2.05) is 19.1 Å². The van der Waals surface area contributed by atoms with Crippen LogP contribution in [0.2, 0.25) is 0 Å². The molecular weight excluding hydrogens is 212 g/mol. The van der Waals surface area contributed by atoms with Gasteiger partial charge in [-0.05, 0) is 18.6 Å². The van der Waals surface area contributed by atoms with E-state index in [-0.39, 0.29) is 0 Å². The van der Waals surface area contributed by atoms with Gasteiger partial charge in [0.2, 0.25) is 0 Å². The lowest BCUT2D eigenvalue weighted by Crippen LogP contribution is -2.01. The van der Waals surface area contributed by atoms with Crippen LogP contribution in [0, 0.1) is 11.3 Å². The van der Waals surface area contributed by atoms with Crippen LogP contribution in [0.3, 0.4) is 0 Å². The predicted molar refractivity (Wildman–Crippen MR) is 66.0 cm³/mol. The number of anilines is 1. The number of rotatable bonds is 2. The van der Waals surface area contributed by atoms with Crippen molar-refractivity contribution in [2.45, 2.75) is 13.3 Å². The number of nitrogens with zero attached hydrogens (tertiary/aromatic N) is 3. The van der Waals surface area contributed by atoms with Crippen molar-refractivity contribution in [3.8, 4) is 17.3 Å². The second-order valence-electron chi connectivity index (χ2n) is 3.63. The summed E-state index contributed by atoms with van der Waals surface area (Å²) in [5.41, 5.74) is 9.06. The van der Waals surface area contributed by atoms with Crippen LogP contribution in [0.4, 0.5) is 5.82 Å². The zero-order valence-electron chi connectivity index (χ0n) is 9.51. The molecular formula is C13H12N4. The van der Waals surface area contributed by atoms with Crippen molar-refractivity contribution in [3.05, 3.63) is 41.7 Å². The van der Waals surface area contributed by atoms with Gasteiger partial charge in [0.05, 0.1) is 17.3 Å². The van der Waals surface area contributed by atoms with E-state index in [4.69, 9.17) is 11.0 Å². The Morgan fingerprint density at radius 1 is 1.35 bits per heavy atom. The smallest absolute Gasteiger partial charge is 0.130 e.